The van der Waals surface area contributed by atoms with Gasteiger partial charge in [0.2, 0.25) is 11.8 Å². The summed E-state index contributed by atoms with van der Waals surface area (Å²) in [7, 11) is 0. The standard InChI is InChI=1S/C11H20ClN3O3/c1-11(2,3)15-9(17)5-7-13-10(18)14-8(16)4-6-12/h4-7H2,1-3H3,(H,15,17)(H2,13,14,16,18). The molecular weight excluding hydrogens is 258 g/mol. The predicted molar refractivity (Wildman–Crippen MR) is 69.4 cm³/mol. The SMILES string of the molecule is CC(C)(C)NC(=O)CCNC(=O)NC(=O)CCCl. The molecule has 7 heteroatoms. The Balaban J connectivity index is 3.75. The molecular formula is C11H20ClN3O3. The van der Waals surface area contributed by atoms with Gasteiger partial charge in [0.25, 0.3) is 0 Å². The lowest BCUT2D eigenvalue weighted by atomic mass is 10.1. The summed E-state index contributed by atoms with van der Waals surface area (Å²) in [5.74, 6) is -0.441. The highest BCUT2D eigenvalue weighted by atomic mass is 35.5. The Bertz CT molecular complexity index is 313. The first-order valence-electron chi connectivity index (χ1n) is 5.69. The lowest BCUT2D eigenvalue weighted by Crippen LogP contribution is -2.44. The first-order chi connectivity index (χ1) is 8.24. The molecule has 0 saturated heterocycles. The number of hydrogen-bond acceptors (Lipinski definition) is 3. The van der Waals surface area contributed by atoms with Gasteiger partial charge in [-0.2, -0.15) is 0 Å². The number of carbonyl (C=O) groups excluding carboxylic acids is 3. The normalized spacial score (nSPS) is 10.7. The summed E-state index contributed by atoms with van der Waals surface area (Å²) in [5.41, 5.74) is -0.296. The van der Waals surface area contributed by atoms with Crippen LogP contribution in [0.5, 0.6) is 0 Å². The number of alkyl halides is 1. The fourth-order valence-corrected chi connectivity index (χ4v) is 1.26. The molecule has 0 atom stereocenters. The second-order valence-electron chi connectivity index (χ2n) is 4.79. The Morgan fingerprint density at radius 2 is 1.67 bits per heavy atom. The summed E-state index contributed by atoms with van der Waals surface area (Å²) in [5, 5.41) is 7.27. The van der Waals surface area contributed by atoms with Crippen molar-refractivity contribution < 1.29 is 14.4 Å². The third-order valence-electron chi connectivity index (χ3n) is 1.73. The minimum absolute atomic E-state index is 0.0828. The van der Waals surface area contributed by atoms with E-state index < -0.39 is 11.9 Å². The quantitative estimate of drug-likeness (QED) is 0.648. The van der Waals surface area contributed by atoms with Gasteiger partial charge in [-0.05, 0) is 20.8 Å². The van der Waals surface area contributed by atoms with E-state index in [-0.39, 0.29) is 36.7 Å². The molecule has 0 aromatic heterocycles. The minimum atomic E-state index is -0.617. The lowest BCUT2D eigenvalue weighted by Gasteiger charge is -2.20. The largest absolute Gasteiger partial charge is 0.351 e. The number of amides is 4. The number of urea groups is 1. The minimum Gasteiger partial charge on any atom is -0.351 e. The molecule has 0 fully saturated rings. The van der Waals surface area contributed by atoms with Gasteiger partial charge in [-0.25, -0.2) is 4.79 Å². The van der Waals surface area contributed by atoms with E-state index in [2.05, 4.69) is 16.0 Å². The van der Waals surface area contributed by atoms with Gasteiger partial charge in [-0.15, -0.1) is 11.6 Å². The van der Waals surface area contributed by atoms with Crippen LogP contribution < -0.4 is 16.0 Å². The Morgan fingerprint density at radius 1 is 1.06 bits per heavy atom. The smallest absolute Gasteiger partial charge is 0.321 e. The summed E-state index contributed by atoms with van der Waals surface area (Å²) in [4.78, 5) is 33.6. The molecule has 104 valence electrons. The monoisotopic (exact) mass is 277 g/mol. The molecule has 0 spiro atoms. The summed E-state index contributed by atoms with van der Waals surface area (Å²) in [6, 6.07) is -0.617. The van der Waals surface area contributed by atoms with Gasteiger partial charge in [-0.1, -0.05) is 0 Å². The Morgan fingerprint density at radius 3 is 2.17 bits per heavy atom. The fourth-order valence-electron chi connectivity index (χ4n) is 1.09. The van der Waals surface area contributed by atoms with Crippen molar-refractivity contribution in [3.05, 3.63) is 0 Å². The number of nitrogens with one attached hydrogen (secondary N) is 3. The summed E-state index contributed by atoms with van der Waals surface area (Å²) >= 11 is 5.34. The average Bonchev–Trinajstić information content (AvgIpc) is 2.14. The Hall–Kier alpha value is -1.30. The van der Waals surface area contributed by atoms with E-state index in [0.29, 0.717) is 0 Å². The zero-order chi connectivity index (χ0) is 14.2. The van der Waals surface area contributed by atoms with E-state index in [1.54, 1.807) is 0 Å². The topological polar surface area (TPSA) is 87.3 Å². The van der Waals surface area contributed by atoms with Crippen LogP contribution in [0.2, 0.25) is 0 Å². The molecule has 0 aliphatic rings. The van der Waals surface area contributed by atoms with Crippen LogP contribution in [0.4, 0.5) is 4.79 Å². The van der Waals surface area contributed by atoms with Gasteiger partial charge in [0.1, 0.15) is 0 Å². The van der Waals surface area contributed by atoms with Crippen LogP contribution in [0.1, 0.15) is 33.6 Å². The van der Waals surface area contributed by atoms with Gasteiger partial charge in [0.05, 0.1) is 0 Å². The van der Waals surface area contributed by atoms with E-state index in [1.165, 1.54) is 0 Å². The molecule has 0 heterocycles. The summed E-state index contributed by atoms with van der Waals surface area (Å²) in [6.45, 7) is 5.78. The maximum atomic E-state index is 11.4. The molecule has 0 rings (SSSR count). The molecule has 0 aromatic carbocycles. The molecule has 6 nitrogen and oxygen atoms in total. The average molecular weight is 278 g/mol. The zero-order valence-corrected chi connectivity index (χ0v) is 11.7. The summed E-state index contributed by atoms with van der Waals surface area (Å²) in [6.07, 6.45) is 0.244. The van der Waals surface area contributed by atoms with Crippen LogP contribution in [0.3, 0.4) is 0 Å². The molecule has 0 bridgehead atoms. The van der Waals surface area contributed by atoms with Crippen LogP contribution in [0.25, 0.3) is 0 Å². The first kappa shape index (κ1) is 16.7. The predicted octanol–water partition coefficient (Wildman–Crippen LogP) is 0.746. The molecule has 0 aliphatic heterocycles. The van der Waals surface area contributed by atoms with E-state index in [4.69, 9.17) is 11.6 Å². The highest BCUT2D eigenvalue weighted by Crippen LogP contribution is 1.98. The van der Waals surface area contributed by atoms with Gasteiger partial charge >= 0.3 is 6.03 Å². The molecule has 18 heavy (non-hydrogen) atoms. The molecule has 0 radical (unpaired) electrons. The van der Waals surface area contributed by atoms with Crippen molar-refractivity contribution in [3.63, 3.8) is 0 Å². The highest BCUT2D eigenvalue weighted by Gasteiger charge is 2.13. The molecule has 0 unspecified atom stereocenters. The number of halogens is 1. The van der Waals surface area contributed by atoms with Crippen LogP contribution in [0.15, 0.2) is 0 Å². The van der Waals surface area contributed by atoms with Crippen LogP contribution in [0, 0.1) is 0 Å². The van der Waals surface area contributed by atoms with Crippen LogP contribution in [-0.2, 0) is 9.59 Å². The van der Waals surface area contributed by atoms with Crippen molar-refractivity contribution in [2.24, 2.45) is 0 Å². The van der Waals surface area contributed by atoms with E-state index in [1.807, 2.05) is 20.8 Å². The second-order valence-corrected chi connectivity index (χ2v) is 5.17. The van der Waals surface area contributed by atoms with Crippen molar-refractivity contribution in [1.29, 1.82) is 0 Å². The van der Waals surface area contributed by atoms with Gasteiger partial charge in [0.15, 0.2) is 0 Å². The summed E-state index contributed by atoms with van der Waals surface area (Å²) < 4.78 is 0. The first-order valence-corrected chi connectivity index (χ1v) is 6.22. The molecule has 4 amide bonds. The lowest BCUT2D eigenvalue weighted by molar-refractivity contribution is -0.122. The molecule has 0 aliphatic carbocycles. The van der Waals surface area contributed by atoms with Crippen LogP contribution in [-0.4, -0.2) is 35.8 Å². The van der Waals surface area contributed by atoms with Crippen molar-refractivity contribution >= 4 is 29.4 Å². The van der Waals surface area contributed by atoms with E-state index in [9.17, 15) is 14.4 Å². The Kier molecular flexibility index (Phi) is 7.35. The number of rotatable bonds is 5. The van der Waals surface area contributed by atoms with E-state index >= 15 is 0 Å². The van der Waals surface area contributed by atoms with Crippen molar-refractivity contribution in [2.75, 3.05) is 12.4 Å². The van der Waals surface area contributed by atoms with Crippen molar-refractivity contribution in [1.82, 2.24) is 16.0 Å². The van der Waals surface area contributed by atoms with E-state index in [0.717, 1.165) is 0 Å². The van der Waals surface area contributed by atoms with Gasteiger partial charge in [0, 0.05) is 30.8 Å². The maximum Gasteiger partial charge on any atom is 0.321 e. The number of carbonyl (C=O) groups is 3. The van der Waals surface area contributed by atoms with Crippen LogP contribution >= 0.6 is 11.6 Å². The zero-order valence-electron chi connectivity index (χ0n) is 10.9. The van der Waals surface area contributed by atoms with Gasteiger partial charge < -0.3 is 10.6 Å². The third-order valence-corrected chi connectivity index (χ3v) is 1.92. The molecule has 0 saturated carbocycles. The van der Waals surface area contributed by atoms with Crippen molar-refractivity contribution in [2.45, 2.75) is 39.2 Å². The highest BCUT2D eigenvalue weighted by molar-refractivity contribution is 6.19. The number of hydrogen-bond donors (Lipinski definition) is 3. The number of imide groups is 1. The third kappa shape index (κ3) is 9.89. The van der Waals surface area contributed by atoms with Gasteiger partial charge in [-0.3, -0.25) is 14.9 Å². The van der Waals surface area contributed by atoms with Crippen molar-refractivity contribution in [3.8, 4) is 0 Å². The maximum absolute atomic E-state index is 11.4. The Labute approximate surface area is 112 Å². The molecule has 0 aromatic rings. The fraction of sp³-hybridized carbons (Fsp3) is 0.727. The molecule has 3 N–H and O–H groups in total. The second kappa shape index (κ2) is 7.92.